The SMILES string of the molecule is Br.[Co].[H-].[H-].[Mg+2].[Zr]. The molecular formula is H3BrCoMgZr. The standard InChI is InChI=1S/BrH.Co.Mg.Zr.2H/h1H;;;;;/q;;+2;;2*-1. The van der Waals surface area contributed by atoms with E-state index >= 15 is 0 Å². The second kappa shape index (κ2) is 17.4. The van der Waals surface area contributed by atoms with Gasteiger partial charge in [-0.3, -0.25) is 0 Å². The van der Waals surface area contributed by atoms with E-state index in [2.05, 4.69) is 0 Å². The van der Waals surface area contributed by atoms with Crippen LogP contribution in [0.2, 0.25) is 0 Å². The van der Waals surface area contributed by atoms with Crippen molar-refractivity contribution < 1.29 is 45.8 Å². The summed E-state index contributed by atoms with van der Waals surface area (Å²) < 4.78 is 0. The molecule has 0 aromatic heterocycles. The zero-order chi connectivity index (χ0) is 0. The molecule has 0 atom stereocenters. The van der Waals surface area contributed by atoms with E-state index < -0.39 is 0 Å². The van der Waals surface area contributed by atoms with E-state index in [4.69, 9.17) is 0 Å². The molecule has 0 nitrogen and oxygen atoms in total. The summed E-state index contributed by atoms with van der Waals surface area (Å²) in [5, 5.41) is 0. The van der Waals surface area contributed by atoms with Crippen molar-refractivity contribution in [1.82, 2.24) is 0 Å². The summed E-state index contributed by atoms with van der Waals surface area (Å²) in [6.45, 7) is 0. The Hall–Kier alpha value is 2.64. The van der Waals surface area contributed by atoms with Crippen LogP contribution in [0.15, 0.2) is 0 Å². The van der Waals surface area contributed by atoms with Crippen molar-refractivity contribution >= 4 is 40.0 Å². The summed E-state index contributed by atoms with van der Waals surface area (Å²) in [6.07, 6.45) is 0. The van der Waals surface area contributed by atoms with Crippen LogP contribution in [0.5, 0.6) is 0 Å². The summed E-state index contributed by atoms with van der Waals surface area (Å²) in [7, 11) is 0. The van der Waals surface area contributed by atoms with E-state index in [0.717, 1.165) is 0 Å². The Kier molecular flexibility index (Phi) is 132. The Morgan fingerprint density at radius 3 is 1.25 bits per heavy atom. The van der Waals surface area contributed by atoms with E-state index in [1.807, 2.05) is 0 Å². The monoisotopic (exact) mass is 255 g/mol. The van der Waals surface area contributed by atoms with Gasteiger partial charge in [-0.05, 0) is 0 Å². The molecular weight excluding hydrogens is 254 g/mol. The van der Waals surface area contributed by atoms with Gasteiger partial charge in [0.1, 0.15) is 0 Å². The Labute approximate surface area is 84.7 Å². The van der Waals surface area contributed by atoms with Crippen molar-refractivity contribution in [2.45, 2.75) is 0 Å². The molecule has 4 heteroatoms. The molecule has 0 bridgehead atoms. The van der Waals surface area contributed by atoms with Gasteiger partial charge < -0.3 is 2.85 Å². The largest absolute Gasteiger partial charge is 2.00 e. The predicted molar refractivity (Wildman–Crippen MR) is 18.3 cm³/mol. The third kappa shape index (κ3) is 8.82. The van der Waals surface area contributed by atoms with Gasteiger partial charge in [0, 0.05) is 43.0 Å². The molecule has 0 aromatic rings. The third-order valence-electron chi connectivity index (χ3n) is 0. The Bertz CT molecular complexity index is 13.5. The summed E-state index contributed by atoms with van der Waals surface area (Å²) in [4.78, 5) is 0. The van der Waals surface area contributed by atoms with Crippen LogP contribution in [0.3, 0.4) is 0 Å². The molecule has 1 radical (unpaired) electrons. The smallest absolute Gasteiger partial charge is 1.00 e. The second-order valence-electron chi connectivity index (χ2n) is 0. The first-order chi connectivity index (χ1) is 0. The molecule has 0 amide bonds. The van der Waals surface area contributed by atoms with Crippen LogP contribution in [-0.2, 0) is 43.0 Å². The minimum atomic E-state index is 0. The molecule has 0 N–H and O–H groups in total. The summed E-state index contributed by atoms with van der Waals surface area (Å²) in [5.41, 5.74) is 0. The minimum Gasteiger partial charge on any atom is -1.00 e. The van der Waals surface area contributed by atoms with Crippen LogP contribution in [0.25, 0.3) is 0 Å². The average molecular weight is 257 g/mol. The first-order valence-corrected chi connectivity index (χ1v) is 0. The van der Waals surface area contributed by atoms with Crippen molar-refractivity contribution in [3.63, 3.8) is 0 Å². The molecule has 0 fully saturated rings. The molecule has 4 heavy (non-hydrogen) atoms. The zero-order valence-corrected chi connectivity index (χ0v) is 8.58. The topological polar surface area (TPSA) is 0 Å². The number of hydrogen-bond donors (Lipinski definition) is 0. The van der Waals surface area contributed by atoms with Crippen molar-refractivity contribution in [1.29, 1.82) is 0 Å². The van der Waals surface area contributed by atoms with Crippen LogP contribution in [0.4, 0.5) is 0 Å². The Morgan fingerprint density at radius 2 is 1.25 bits per heavy atom. The van der Waals surface area contributed by atoms with E-state index in [1.54, 1.807) is 0 Å². The van der Waals surface area contributed by atoms with Gasteiger partial charge in [0.2, 0.25) is 0 Å². The second-order valence-corrected chi connectivity index (χ2v) is 0. The average Bonchev–Trinajstić information content (AvgIpc) is 0. The maximum absolute atomic E-state index is 0. The van der Waals surface area contributed by atoms with E-state index in [9.17, 15) is 0 Å². The maximum atomic E-state index is 0. The molecule has 0 aliphatic rings. The summed E-state index contributed by atoms with van der Waals surface area (Å²) >= 11 is 0. The molecule has 25 valence electrons. The van der Waals surface area contributed by atoms with E-state index in [1.165, 1.54) is 0 Å². The van der Waals surface area contributed by atoms with E-state index in [-0.39, 0.29) is 85.9 Å². The van der Waals surface area contributed by atoms with E-state index in [0.29, 0.717) is 0 Å². The number of halogens is 1. The molecule has 0 heterocycles. The number of hydrogen-bond acceptors (Lipinski definition) is 0. The Morgan fingerprint density at radius 1 is 1.25 bits per heavy atom. The van der Waals surface area contributed by atoms with Crippen LogP contribution in [0, 0.1) is 0 Å². The van der Waals surface area contributed by atoms with Crippen molar-refractivity contribution in [2.75, 3.05) is 0 Å². The van der Waals surface area contributed by atoms with Gasteiger partial charge in [0.25, 0.3) is 0 Å². The molecule has 0 saturated carbocycles. The zero-order valence-electron chi connectivity index (χ0n) is 3.95. The summed E-state index contributed by atoms with van der Waals surface area (Å²) in [5.74, 6) is 0. The molecule has 0 unspecified atom stereocenters. The fourth-order valence-corrected chi connectivity index (χ4v) is 0. The van der Waals surface area contributed by atoms with Gasteiger partial charge in [-0.1, -0.05) is 0 Å². The maximum Gasteiger partial charge on any atom is 2.00 e. The minimum absolute atomic E-state index is 0. The fourth-order valence-electron chi connectivity index (χ4n) is 0. The van der Waals surface area contributed by atoms with Gasteiger partial charge in [-0.2, -0.15) is 0 Å². The van der Waals surface area contributed by atoms with Gasteiger partial charge in [-0.15, -0.1) is 17.0 Å². The first-order valence-electron chi connectivity index (χ1n) is 0. The Balaban J connectivity index is 0. The molecule has 0 spiro atoms. The van der Waals surface area contributed by atoms with Crippen LogP contribution in [-0.4, -0.2) is 23.1 Å². The third-order valence-corrected chi connectivity index (χ3v) is 0. The molecule has 0 saturated heterocycles. The molecule has 0 aliphatic heterocycles. The first kappa shape index (κ1) is 30.3. The predicted octanol–water partition coefficient (Wildman–Crippen LogP) is 0.417. The van der Waals surface area contributed by atoms with Crippen molar-refractivity contribution in [3.8, 4) is 0 Å². The molecule has 0 aliphatic carbocycles. The normalized spacial score (nSPS) is 0. The van der Waals surface area contributed by atoms with Crippen molar-refractivity contribution in [3.05, 3.63) is 0 Å². The van der Waals surface area contributed by atoms with Crippen LogP contribution >= 0.6 is 17.0 Å². The van der Waals surface area contributed by atoms with Crippen LogP contribution in [0.1, 0.15) is 2.85 Å². The van der Waals surface area contributed by atoms with Gasteiger partial charge in [0.05, 0.1) is 0 Å². The summed E-state index contributed by atoms with van der Waals surface area (Å²) in [6, 6.07) is 0. The molecule has 0 aromatic carbocycles. The van der Waals surface area contributed by atoms with Gasteiger partial charge in [0.15, 0.2) is 0 Å². The van der Waals surface area contributed by atoms with Gasteiger partial charge in [-0.25, -0.2) is 0 Å². The van der Waals surface area contributed by atoms with Crippen LogP contribution < -0.4 is 0 Å². The molecule has 0 rings (SSSR count). The number of rotatable bonds is 0. The van der Waals surface area contributed by atoms with Crippen molar-refractivity contribution in [2.24, 2.45) is 0 Å². The fraction of sp³-hybridized carbons (Fsp3) is 0. The quantitative estimate of drug-likeness (QED) is 0.552. The van der Waals surface area contributed by atoms with Gasteiger partial charge >= 0.3 is 23.1 Å².